The number of nitrogens with zero attached hydrogens (tertiary/aromatic N) is 2. The van der Waals surface area contributed by atoms with E-state index < -0.39 is 5.82 Å². The summed E-state index contributed by atoms with van der Waals surface area (Å²) in [5.74, 6) is 0.387. The van der Waals surface area contributed by atoms with Gasteiger partial charge in [-0.3, -0.25) is 0 Å². The van der Waals surface area contributed by atoms with E-state index in [1.807, 2.05) is 0 Å². The van der Waals surface area contributed by atoms with Gasteiger partial charge in [-0.1, -0.05) is 12.1 Å². The van der Waals surface area contributed by atoms with E-state index in [2.05, 4.69) is 20.6 Å². The Labute approximate surface area is 134 Å². The largest absolute Gasteiger partial charge is 0.486 e. The Balaban J connectivity index is 1.72. The van der Waals surface area contributed by atoms with Gasteiger partial charge in [0.15, 0.2) is 11.6 Å². The SMILES string of the molecule is Cc1nccc(CNC(=O)NC[C@@H](C)Oc2ccccc2F)n1. The maximum atomic E-state index is 13.5. The predicted molar refractivity (Wildman–Crippen MR) is 83.5 cm³/mol. The van der Waals surface area contributed by atoms with Crippen molar-refractivity contribution in [3.05, 3.63) is 53.9 Å². The molecule has 0 saturated heterocycles. The molecular weight excluding hydrogens is 299 g/mol. The lowest BCUT2D eigenvalue weighted by atomic mass is 10.3. The van der Waals surface area contributed by atoms with Gasteiger partial charge < -0.3 is 15.4 Å². The van der Waals surface area contributed by atoms with Crippen LogP contribution in [-0.4, -0.2) is 28.6 Å². The summed E-state index contributed by atoms with van der Waals surface area (Å²) in [5.41, 5.74) is 0.725. The molecule has 0 unspecified atom stereocenters. The van der Waals surface area contributed by atoms with Crippen molar-refractivity contribution in [2.45, 2.75) is 26.5 Å². The fourth-order valence-corrected chi connectivity index (χ4v) is 1.87. The van der Waals surface area contributed by atoms with E-state index in [9.17, 15) is 9.18 Å². The van der Waals surface area contributed by atoms with Crippen LogP contribution in [0.5, 0.6) is 5.75 Å². The second kappa shape index (κ2) is 8.07. The van der Waals surface area contributed by atoms with Crippen LogP contribution in [0.15, 0.2) is 36.5 Å². The molecule has 1 atom stereocenters. The highest BCUT2D eigenvalue weighted by molar-refractivity contribution is 5.73. The average molecular weight is 318 g/mol. The van der Waals surface area contributed by atoms with Crippen LogP contribution in [-0.2, 0) is 6.54 Å². The summed E-state index contributed by atoms with van der Waals surface area (Å²) >= 11 is 0. The first-order valence-electron chi connectivity index (χ1n) is 7.26. The number of ether oxygens (including phenoxy) is 1. The van der Waals surface area contributed by atoms with Crippen LogP contribution < -0.4 is 15.4 Å². The number of urea groups is 1. The third-order valence-corrected chi connectivity index (χ3v) is 2.98. The van der Waals surface area contributed by atoms with Gasteiger partial charge in [0, 0.05) is 6.20 Å². The van der Waals surface area contributed by atoms with Gasteiger partial charge in [-0.15, -0.1) is 0 Å². The number of carbonyl (C=O) groups excluding carboxylic acids is 1. The first-order valence-corrected chi connectivity index (χ1v) is 7.26. The number of aryl methyl sites for hydroxylation is 1. The molecule has 0 bridgehead atoms. The molecule has 0 saturated carbocycles. The minimum atomic E-state index is -0.428. The third kappa shape index (κ3) is 5.54. The highest BCUT2D eigenvalue weighted by atomic mass is 19.1. The van der Waals surface area contributed by atoms with E-state index in [4.69, 9.17) is 4.74 Å². The summed E-state index contributed by atoms with van der Waals surface area (Å²) in [6.45, 7) is 4.09. The Kier molecular flexibility index (Phi) is 5.85. The van der Waals surface area contributed by atoms with Crippen molar-refractivity contribution in [3.63, 3.8) is 0 Å². The Bertz CT molecular complexity index is 666. The number of nitrogens with one attached hydrogen (secondary N) is 2. The van der Waals surface area contributed by atoms with Crippen LogP contribution in [0.2, 0.25) is 0 Å². The molecule has 1 aromatic heterocycles. The Morgan fingerprint density at radius 2 is 2.09 bits per heavy atom. The van der Waals surface area contributed by atoms with Crippen LogP contribution in [0.4, 0.5) is 9.18 Å². The zero-order valence-electron chi connectivity index (χ0n) is 13.0. The minimum Gasteiger partial charge on any atom is -0.486 e. The minimum absolute atomic E-state index is 0.165. The van der Waals surface area contributed by atoms with E-state index in [-0.39, 0.29) is 24.4 Å². The summed E-state index contributed by atoms with van der Waals surface area (Å²) in [4.78, 5) is 19.9. The molecule has 2 amide bonds. The smallest absolute Gasteiger partial charge is 0.315 e. The molecule has 0 fully saturated rings. The highest BCUT2D eigenvalue weighted by Gasteiger charge is 2.09. The fourth-order valence-electron chi connectivity index (χ4n) is 1.87. The van der Waals surface area contributed by atoms with Gasteiger partial charge in [0.1, 0.15) is 11.9 Å². The number of rotatable bonds is 6. The van der Waals surface area contributed by atoms with Crippen molar-refractivity contribution in [2.24, 2.45) is 0 Å². The van der Waals surface area contributed by atoms with E-state index in [1.54, 1.807) is 44.3 Å². The normalized spacial score (nSPS) is 11.6. The lowest BCUT2D eigenvalue weighted by Crippen LogP contribution is -2.40. The number of aromatic nitrogens is 2. The molecule has 2 rings (SSSR count). The zero-order valence-corrected chi connectivity index (χ0v) is 13.0. The molecule has 7 heteroatoms. The van der Waals surface area contributed by atoms with Crippen LogP contribution >= 0.6 is 0 Å². The Hall–Kier alpha value is -2.70. The van der Waals surface area contributed by atoms with Crippen LogP contribution in [0.25, 0.3) is 0 Å². The Morgan fingerprint density at radius 3 is 2.83 bits per heavy atom. The van der Waals surface area contributed by atoms with E-state index >= 15 is 0 Å². The summed E-state index contributed by atoms with van der Waals surface area (Å²) in [7, 11) is 0. The topological polar surface area (TPSA) is 76.1 Å². The number of halogens is 1. The van der Waals surface area contributed by atoms with Gasteiger partial charge in [-0.2, -0.15) is 0 Å². The van der Waals surface area contributed by atoms with Crippen molar-refractivity contribution in [2.75, 3.05) is 6.54 Å². The molecule has 0 aliphatic rings. The van der Waals surface area contributed by atoms with Crippen molar-refractivity contribution in [1.82, 2.24) is 20.6 Å². The second-order valence-electron chi connectivity index (χ2n) is 5.02. The molecule has 0 aliphatic carbocycles. The third-order valence-electron chi connectivity index (χ3n) is 2.98. The van der Waals surface area contributed by atoms with Crippen LogP contribution in [0.3, 0.4) is 0 Å². The van der Waals surface area contributed by atoms with Crippen molar-refractivity contribution < 1.29 is 13.9 Å². The molecule has 2 aromatic rings. The summed E-state index contributed by atoms with van der Waals surface area (Å²) in [6.07, 6.45) is 1.28. The zero-order chi connectivity index (χ0) is 16.7. The molecule has 0 spiro atoms. The summed E-state index contributed by atoms with van der Waals surface area (Å²) in [6, 6.07) is 7.54. The molecule has 23 heavy (non-hydrogen) atoms. The quantitative estimate of drug-likeness (QED) is 0.856. The maximum Gasteiger partial charge on any atom is 0.315 e. The molecular formula is C16H19FN4O2. The number of carbonyl (C=O) groups is 1. The van der Waals surface area contributed by atoms with E-state index in [0.717, 1.165) is 5.69 Å². The van der Waals surface area contributed by atoms with Crippen LogP contribution in [0.1, 0.15) is 18.4 Å². The molecule has 1 heterocycles. The standard InChI is InChI=1S/C16H19FN4O2/c1-11(23-15-6-4-3-5-14(15)17)9-19-16(22)20-10-13-7-8-18-12(2)21-13/h3-8,11H,9-10H2,1-2H3,(H2,19,20,22)/t11-/m1/s1. The number of benzene rings is 1. The summed E-state index contributed by atoms with van der Waals surface area (Å²) < 4.78 is 18.9. The number of amides is 2. The van der Waals surface area contributed by atoms with Gasteiger partial charge in [0.2, 0.25) is 0 Å². The molecule has 0 aliphatic heterocycles. The van der Waals surface area contributed by atoms with Crippen LogP contribution in [0, 0.1) is 12.7 Å². The van der Waals surface area contributed by atoms with Gasteiger partial charge in [0.25, 0.3) is 0 Å². The van der Waals surface area contributed by atoms with Gasteiger partial charge in [-0.25, -0.2) is 19.2 Å². The molecule has 122 valence electrons. The number of hydrogen-bond acceptors (Lipinski definition) is 4. The Morgan fingerprint density at radius 1 is 1.30 bits per heavy atom. The highest BCUT2D eigenvalue weighted by Crippen LogP contribution is 2.16. The monoisotopic (exact) mass is 318 g/mol. The number of hydrogen-bond donors (Lipinski definition) is 2. The maximum absolute atomic E-state index is 13.5. The van der Waals surface area contributed by atoms with E-state index in [0.29, 0.717) is 12.4 Å². The molecule has 1 aromatic carbocycles. The lowest BCUT2D eigenvalue weighted by Gasteiger charge is -2.16. The second-order valence-corrected chi connectivity index (χ2v) is 5.02. The van der Waals surface area contributed by atoms with Crippen molar-refractivity contribution >= 4 is 6.03 Å². The van der Waals surface area contributed by atoms with Gasteiger partial charge >= 0.3 is 6.03 Å². The molecule has 6 nitrogen and oxygen atoms in total. The van der Waals surface area contributed by atoms with Gasteiger partial charge in [-0.05, 0) is 32.0 Å². The molecule has 2 N–H and O–H groups in total. The fraction of sp³-hybridized carbons (Fsp3) is 0.312. The average Bonchev–Trinajstić information content (AvgIpc) is 2.53. The van der Waals surface area contributed by atoms with Crippen molar-refractivity contribution in [1.29, 1.82) is 0 Å². The molecule has 0 radical (unpaired) electrons. The predicted octanol–water partition coefficient (Wildman–Crippen LogP) is 2.19. The first-order chi connectivity index (χ1) is 11.0. The number of para-hydroxylation sites is 1. The first kappa shape index (κ1) is 16.7. The van der Waals surface area contributed by atoms with E-state index in [1.165, 1.54) is 6.07 Å². The van der Waals surface area contributed by atoms with Crippen molar-refractivity contribution in [3.8, 4) is 5.75 Å². The summed E-state index contributed by atoms with van der Waals surface area (Å²) in [5, 5.41) is 5.35. The van der Waals surface area contributed by atoms with Gasteiger partial charge in [0.05, 0.1) is 18.8 Å². The lowest BCUT2D eigenvalue weighted by molar-refractivity contribution is 0.201.